The highest BCUT2D eigenvalue weighted by Gasteiger charge is 2.13. The summed E-state index contributed by atoms with van der Waals surface area (Å²) in [5.74, 6) is -0.0217. The second-order valence-corrected chi connectivity index (χ2v) is 5.22. The predicted octanol–water partition coefficient (Wildman–Crippen LogP) is 3.30. The third kappa shape index (κ3) is 2.93. The lowest BCUT2D eigenvalue weighted by atomic mass is 10.1. The normalized spacial score (nSPS) is 10.3. The average molecular weight is 320 g/mol. The first-order valence-electron chi connectivity index (χ1n) is 5.77. The van der Waals surface area contributed by atoms with Gasteiger partial charge in [0.1, 0.15) is 5.82 Å². The van der Waals surface area contributed by atoms with Gasteiger partial charge in [-0.25, -0.2) is 4.98 Å². The lowest BCUT2D eigenvalue weighted by molar-refractivity contribution is 0.102. The molecule has 3 N–H and O–H groups in total. The number of amides is 1. The van der Waals surface area contributed by atoms with Crippen molar-refractivity contribution in [3.05, 3.63) is 51.6 Å². The number of hydrogen-bond acceptors (Lipinski definition) is 3. The molecule has 4 nitrogen and oxygen atoms in total. The maximum absolute atomic E-state index is 12.2. The number of halogens is 1. The number of nitrogens with two attached hydrogens (primary N) is 1. The lowest BCUT2D eigenvalue weighted by Gasteiger charge is -2.13. The van der Waals surface area contributed by atoms with Gasteiger partial charge in [0, 0.05) is 16.4 Å². The Morgan fingerprint density at radius 3 is 2.53 bits per heavy atom. The molecule has 5 heteroatoms. The standard InChI is InChI=1S/C14H14BrN3O/c1-8-6-10(15)7-9(2)12(8)18-14(19)11-4-3-5-17-13(11)16/h3-7H,1-2H3,(H2,16,17)(H,18,19). The number of aromatic nitrogens is 1. The molecular weight excluding hydrogens is 306 g/mol. The topological polar surface area (TPSA) is 68.0 Å². The van der Waals surface area contributed by atoms with Crippen molar-refractivity contribution < 1.29 is 4.79 Å². The van der Waals surface area contributed by atoms with Crippen LogP contribution in [0.15, 0.2) is 34.9 Å². The molecule has 0 aliphatic rings. The Kier molecular flexibility index (Phi) is 3.85. The minimum absolute atomic E-state index is 0.229. The van der Waals surface area contributed by atoms with E-state index in [1.54, 1.807) is 18.3 Å². The van der Waals surface area contributed by atoms with Gasteiger partial charge in [0.05, 0.1) is 5.56 Å². The number of hydrogen-bond donors (Lipinski definition) is 2. The molecule has 0 unspecified atom stereocenters. The predicted molar refractivity (Wildman–Crippen MR) is 80.2 cm³/mol. The molecule has 0 spiro atoms. The fourth-order valence-corrected chi connectivity index (χ4v) is 2.58. The second-order valence-electron chi connectivity index (χ2n) is 4.30. The van der Waals surface area contributed by atoms with E-state index in [2.05, 4.69) is 26.2 Å². The van der Waals surface area contributed by atoms with Gasteiger partial charge < -0.3 is 11.1 Å². The van der Waals surface area contributed by atoms with Crippen molar-refractivity contribution in [2.24, 2.45) is 0 Å². The molecule has 98 valence electrons. The van der Waals surface area contributed by atoms with Gasteiger partial charge in [-0.05, 0) is 49.2 Å². The summed E-state index contributed by atoms with van der Waals surface area (Å²) in [5, 5.41) is 2.88. The zero-order chi connectivity index (χ0) is 14.0. The van der Waals surface area contributed by atoms with Crippen LogP contribution in [0.5, 0.6) is 0 Å². The van der Waals surface area contributed by atoms with Gasteiger partial charge in [0.15, 0.2) is 0 Å². The Morgan fingerprint density at radius 1 is 1.32 bits per heavy atom. The molecule has 0 aliphatic heterocycles. The summed E-state index contributed by atoms with van der Waals surface area (Å²) in [5.41, 5.74) is 8.85. The zero-order valence-electron chi connectivity index (χ0n) is 10.7. The molecule has 1 aromatic carbocycles. The van der Waals surface area contributed by atoms with E-state index in [9.17, 15) is 4.79 Å². The van der Waals surface area contributed by atoms with E-state index >= 15 is 0 Å². The smallest absolute Gasteiger partial charge is 0.259 e. The molecule has 1 aromatic heterocycles. The average Bonchev–Trinajstić information content (AvgIpc) is 2.34. The molecule has 0 saturated carbocycles. The molecule has 19 heavy (non-hydrogen) atoms. The van der Waals surface area contributed by atoms with Gasteiger partial charge in [-0.15, -0.1) is 0 Å². The van der Waals surface area contributed by atoms with Crippen LogP contribution in [-0.4, -0.2) is 10.9 Å². The molecule has 1 amide bonds. The number of benzene rings is 1. The summed E-state index contributed by atoms with van der Waals surface area (Å²) < 4.78 is 0.987. The third-order valence-electron chi connectivity index (χ3n) is 2.82. The largest absolute Gasteiger partial charge is 0.383 e. The molecular formula is C14H14BrN3O. The van der Waals surface area contributed by atoms with Crippen LogP contribution in [0.4, 0.5) is 11.5 Å². The van der Waals surface area contributed by atoms with Crippen molar-refractivity contribution in [1.29, 1.82) is 0 Å². The Labute approximate surface area is 120 Å². The molecule has 0 bridgehead atoms. The van der Waals surface area contributed by atoms with Crippen LogP contribution in [0, 0.1) is 13.8 Å². The number of nitrogen functional groups attached to an aromatic ring is 1. The van der Waals surface area contributed by atoms with Crippen molar-refractivity contribution >= 4 is 33.3 Å². The van der Waals surface area contributed by atoms with E-state index in [-0.39, 0.29) is 11.7 Å². The van der Waals surface area contributed by atoms with E-state index < -0.39 is 0 Å². The first-order valence-corrected chi connectivity index (χ1v) is 6.57. The monoisotopic (exact) mass is 319 g/mol. The third-order valence-corrected chi connectivity index (χ3v) is 3.28. The van der Waals surface area contributed by atoms with Crippen molar-refractivity contribution in [3.8, 4) is 0 Å². The minimum Gasteiger partial charge on any atom is -0.383 e. The quantitative estimate of drug-likeness (QED) is 0.892. The Bertz CT molecular complexity index is 617. The van der Waals surface area contributed by atoms with Gasteiger partial charge in [0.25, 0.3) is 5.91 Å². The van der Waals surface area contributed by atoms with Crippen molar-refractivity contribution in [3.63, 3.8) is 0 Å². The number of nitrogens with zero attached hydrogens (tertiary/aromatic N) is 1. The molecule has 0 aliphatic carbocycles. The van der Waals surface area contributed by atoms with Gasteiger partial charge in [-0.1, -0.05) is 15.9 Å². The van der Waals surface area contributed by atoms with Crippen molar-refractivity contribution in [2.45, 2.75) is 13.8 Å². The van der Waals surface area contributed by atoms with Gasteiger partial charge in [-0.3, -0.25) is 4.79 Å². The molecule has 0 radical (unpaired) electrons. The number of anilines is 2. The van der Waals surface area contributed by atoms with E-state index in [0.717, 1.165) is 21.3 Å². The molecule has 0 atom stereocenters. The molecule has 2 aromatic rings. The zero-order valence-corrected chi connectivity index (χ0v) is 12.3. The minimum atomic E-state index is -0.251. The number of carbonyl (C=O) groups excluding carboxylic acids is 1. The van der Waals surface area contributed by atoms with Crippen LogP contribution in [0.2, 0.25) is 0 Å². The molecule has 2 rings (SSSR count). The first-order chi connectivity index (χ1) is 8.99. The first kappa shape index (κ1) is 13.5. The highest BCUT2D eigenvalue weighted by Crippen LogP contribution is 2.25. The van der Waals surface area contributed by atoms with Crippen LogP contribution in [0.1, 0.15) is 21.5 Å². The van der Waals surface area contributed by atoms with E-state index in [4.69, 9.17) is 5.73 Å². The number of carbonyl (C=O) groups is 1. The van der Waals surface area contributed by atoms with E-state index in [0.29, 0.717) is 5.56 Å². The fraction of sp³-hybridized carbons (Fsp3) is 0.143. The van der Waals surface area contributed by atoms with Crippen LogP contribution in [0.3, 0.4) is 0 Å². The Hall–Kier alpha value is -1.88. The van der Waals surface area contributed by atoms with Crippen molar-refractivity contribution in [2.75, 3.05) is 11.1 Å². The molecule has 0 fully saturated rings. The lowest BCUT2D eigenvalue weighted by Crippen LogP contribution is -2.16. The van der Waals surface area contributed by atoms with Crippen LogP contribution in [0.25, 0.3) is 0 Å². The van der Waals surface area contributed by atoms with Gasteiger partial charge in [-0.2, -0.15) is 0 Å². The van der Waals surface area contributed by atoms with Gasteiger partial charge >= 0.3 is 0 Å². The Balaban J connectivity index is 2.32. The van der Waals surface area contributed by atoms with Crippen LogP contribution < -0.4 is 11.1 Å². The van der Waals surface area contributed by atoms with E-state index in [1.165, 1.54) is 0 Å². The Morgan fingerprint density at radius 2 is 1.95 bits per heavy atom. The molecule has 0 saturated heterocycles. The number of nitrogens with one attached hydrogen (secondary N) is 1. The maximum atomic E-state index is 12.2. The highest BCUT2D eigenvalue weighted by molar-refractivity contribution is 9.10. The summed E-state index contributed by atoms with van der Waals surface area (Å²) in [6, 6.07) is 7.25. The number of pyridine rings is 1. The van der Waals surface area contributed by atoms with Gasteiger partial charge in [0.2, 0.25) is 0 Å². The summed E-state index contributed by atoms with van der Waals surface area (Å²) in [6.45, 7) is 3.89. The summed E-state index contributed by atoms with van der Waals surface area (Å²) >= 11 is 3.43. The summed E-state index contributed by atoms with van der Waals surface area (Å²) in [7, 11) is 0. The fourth-order valence-electron chi connectivity index (χ4n) is 1.90. The van der Waals surface area contributed by atoms with E-state index in [1.807, 2.05) is 26.0 Å². The SMILES string of the molecule is Cc1cc(Br)cc(C)c1NC(=O)c1cccnc1N. The van der Waals surface area contributed by atoms with Crippen molar-refractivity contribution in [1.82, 2.24) is 4.98 Å². The number of aryl methyl sites for hydroxylation is 2. The van der Waals surface area contributed by atoms with Crippen LogP contribution >= 0.6 is 15.9 Å². The highest BCUT2D eigenvalue weighted by atomic mass is 79.9. The number of rotatable bonds is 2. The van der Waals surface area contributed by atoms with Crippen LogP contribution in [-0.2, 0) is 0 Å². The second kappa shape index (κ2) is 5.40. The summed E-state index contributed by atoms with van der Waals surface area (Å²) in [4.78, 5) is 16.1. The summed E-state index contributed by atoms with van der Waals surface area (Å²) in [6.07, 6.45) is 1.56. The maximum Gasteiger partial charge on any atom is 0.259 e. The molecule has 1 heterocycles.